The van der Waals surface area contributed by atoms with E-state index in [2.05, 4.69) is 13.2 Å². The van der Waals surface area contributed by atoms with Gasteiger partial charge in [0.1, 0.15) is 11.8 Å². The molecule has 3 fully saturated rings. The molecule has 3 aliphatic heterocycles. The second-order valence-corrected chi connectivity index (χ2v) is 12.5. The molecule has 8 nitrogen and oxygen atoms in total. The number of carbonyl (C=O) groups excluding carboxylic acids is 3. The molecule has 0 radical (unpaired) electrons. The molecule has 4 rings (SSSR count). The number of fused-ring (bicyclic) bond motifs is 1. The molecule has 2 amide bonds. The topological polar surface area (TPSA) is 96.4 Å². The van der Waals surface area contributed by atoms with E-state index in [1.54, 1.807) is 53.0 Å². The largest absolute Gasteiger partial charge is 0.497 e. The van der Waals surface area contributed by atoms with E-state index in [9.17, 15) is 19.5 Å². The van der Waals surface area contributed by atoms with Crippen LogP contribution in [0.25, 0.3) is 0 Å². The molecular formula is C30H40N2O6S. The van der Waals surface area contributed by atoms with Gasteiger partial charge in [-0.1, -0.05) is 26.0 Å². The van der Waals surface area contributed by atoms with Crippen LogP contribution < -0.4 is 9.64 Å². The van der Waals surface area contributed by atoms with Gasteiger partial charge < -0.3 is 24.4 Å². The number of anilines is 1. The van der Waals surface area contributed by atoms with Crippen molar-refractivity contribution in [2.75, 3.05) is 31.8 Å². The zero-order valence-corrected chi connectivity index (χ0v) is 23.9. The first-order valence-electron chi connectivity index (χ1n) is 13.7. The fourth-order valence-electron chi connectivity index (χ4n) is 6.55. The molecule has 212 valence electrons. The number of hydrogen-bond donors (Lipinski definition) is 1. The normalized spacial score (nSPS) is 27.8. The monoisotopic (exact) mass is 556 g/mol. The molecule has 0 saturated carbocycles. The molecule has 1 aromatic rings. The van der Waals surface area contributed by atoms with Crippen LogP contribution in [0.15, 0.2) is 49.6 Å². The number of carbonyl (C=O) groups is 3. The summed E-state index contributed by atoms with van der Waals surface area (Å²) >= 11 is 1.59. The second kappa shape index (κ2) is 12.2. The number of aliphatic hydroxyl groups is 1. The fraction of sp³-hybridized carbons (Fsp3) is 0.567. The number of aliphatic hydroxyl groups excluding tert-OH is 1. The molecule has 6 atom stereocenters. The Bertz CT molecular complexity index is 1090. The number of hydrogen-bond acceptors (Lipinski definition) is 7. The minimum atomic E-state index is -0.825. The van der Waals surface area contributed by atoms with Gasteiger partial charge >= 0.3 is 5.97 Å². The summed E-state index contributed by atoms with van der Waals surface area (Å²) in [5, 5.41) is 10.4. The van der Waals surface area contributed by atoms with Gasteiger partial charge in [0.05, 0.1) is 42.9 Å². The number of ether oxygens (including phenoxy) is 2. The van der Waals surface area contributed by atoms with Crippen LogP contribution in [-0.2, 0) is 19.1 Å². The third-order valence-corrected chi connectivity index (χ3v) is 10.1. The van der Waals surface area contributed by atoms with Gasteiger partial charge in [0.25, 0.3) is 5.91 Å². The van der Waals surface area contributed by atoms with Crippen molar-refractivity contribution in [3.63, 3.8) is 0 Å². The summed E-state index contributed by atoms with van der Waals surface area (Å²) < 4.78 is 10.1. The zero-order valence-electron chi connectivity index (χ0n) is 23.1. The highest BCUT2D eigenvalue weighted by molar-refractivity contribution is 8.02. The second-order valence-electron chi connectivity index (χ2n) is 10.9. The average molecular weight is 557 g/mol. The summed E-state index contributed by atoms with van der Waals surface area (Å²) in [6.07, 6.45) is 5.80. The van der Waals surface area contributed by atoms with Crippen molar-refractivity contribution in [1.82, 2.24) is 4.90 Å². The Hall–Kier alpha value is -2.78. The van der Waals surface area contributed by atoms with Gasteiger partial charge in [0, 0.05) is 17.5 Å². The minimum absolute atomic E-state index is 0.0841. The molecule has 1 spiro atoms. The van der Waals surface area contributed by atoms with Crippen molar-refractivity contribution in [3.8, 4) is 5.75 Å². The highest BCUT2D eigenvalue weighted by Gasteiger charge is 2.74. The molecule has 9 heteroatoms. The van der Waals surface area contributed by atoms with E-state index in [-0.39, 0.29) is 48.7 Å². The molecule has 39 heavy (non-hydrogen) atoms. The predicted octanol–water partition coefficient (Wildman–Crippen LogP) is 3.83. The predicted molar refractivity (Wildman–Crippen MR) is 153 cm³/mol. The minimum Gasteiger partial charge on any atom is -0.497 e. The first-order valence-corrected chi connectivity index (χ1v) is 14.6. The third-order valence-electron chi connectivity index (χ3n) is 8.12. The van der Waals surface area contributed by atoms with Crippen LogP contribution in [0.5, 0.6) is 5.75 Å². The number of benzene rings is 1. The van der Waals surface area contributed by atoms with Crippen LogP contribution in [0.4, 0.5) is 5.69 Å². The van der Waals surface area contributed by atoms with E-state index in [0.717, 1.165) is 6.42 Å². The lowest BCUT2D eigenvalue weighted by atomic mass is 9.71. The van der Waals surface area contributed by atoms with Crippen LogP contribution >= 0.6 is 11.8 Å². The van der Waals surface area contributed by atoms with E-state index in [1.807, 2.05) is 26.0 Å². The van der Waals surface area contributed by atoms with Gasteiger partial charge in [-0.25, -0.2) is 0 Å². The molecule has 3 saturated heterocycles. The molecule has 2 bridgehead atoms. The lowest BCUT2D eigenvalue weighted by molar-refractivity contribution is -0.154. The Kier molecular flexibility index (Phi) is 9.11. The quantitative estimate of drug-likeness (QED) is 0.224. The maximum absolute atomic E-state index is 14.6. The zero-order chi connectivity index (χ0) is 28.3. The van der Waals surface area contributed by atoms with Crippen molar-refractivity contribution < 1.29 is 29.0 Å². The SMILES string of the molecule is C=CCCOC(=O)[C@@H]1[C@@H]2CCC3(S2)C(C(=O)N(CC=C)c2ccc(OC)cc2)N([C@@H](CO)CC(C)C)C(=O)[C@H]13. The maximum Gasteiger partial charge on any atom is 0.310 e. The number of amides is 2. The van der Waals surface area contributed by atoms with Crippen LogP contribution in [-0.4, -0.2) is 76.7 Å². The van der Waals surface area contributed by atoms with Crippen molar-refractivity contribution in [3.05, 3.63) is 49.6 Å². The Morgan fingerprint density at radius 3 is 2.56 bits per heavy atom. The van der Waals surface area contributed by atoms with Gasteiger partial charge in [0.2, 0.25) is 5.91 Å². The first kappa shape index (κ1) is 29.2. The maximum atomic E-state index is 14.6. The smallest absolute Gasteiger partial charge is 0.310 e. The van der Waals surface area contributed by atoms with Gasteiger partial charge in [-0.15, -0.1) is 24.9 Å². The van der Waals surface area contributed by atoms with Gasteiger partial charge in [-0.2, -0.15) is 0 Å². The van der Waals surface area contributed by atoms with E-state index in [4.69, 9.17) is 9.47 Å². The summed E-state index contributed by atoms with van der Waals surface area (Å²) in [5.74, 6) is -1.28. The number of methoxy groups -OCH3 is 1. The lowest BCUT2D eigenvalue weighted by Gasteiger charge is -2.40. The van der Waals surface area contributed by atoms with Crippen molar-refractivity contribution in [2.24, 2.45) is 17.8 Å². The van der Waals surface area contributed by atoms with Crippen molar-refractivity contribution in [1.29, 1.82) is 0 Å². The molecule has 0 aromatic heterocycles. The number of likely N-dealkylation sites (tertiary alicyclic amines) is 1. The van der Waals surface area contributed by atoms with Crippen LogP contribution in [0, 0.1) is 17.8 Å². The van der Waals surface area contributed by atoms with Gasteiger partial charge in [-0.3, -0.25) is 14.4 Å². The number of thioether (sulfide) groups is 1. The Labute approximate surface area is 235 Å². The number of esters is 1. The average Bonchev–Trinajstić information content (AvgIpc) is 3.57. The molecule has 0 aliphatic carbocycles. The van der Waals surface area contributed by atoms with Gasteiger partial charge in [-0.05, 0) is 55.9 Å². The summed E-state index contributed by atoms with van der Waals surface area (Å²) in [6, 6.07) is 5.84. The van der Waals surface area contributed by atoms with Crippen LogP contribution in [0.2, 0.25) is 0 Å². The Morgan fingerprint density at radius 1 is 1.26 bits per heavy atom. The number of rotatable bonds is 13. The van der Waals surface area contributed by atoms with Crippen molar-refractivity contribution >= 4 is 35.2 Å². The van der Waals surface area contributed by atoms with E-state index < -0.39 is 28.7 Å². The molecule has 2 unspecified atom stereocenters. The Morgan fingerprint density at radius 2 is 1.97 bits per heavy atom. The summed E-state index contributed by atoms with van der Waals surface area (Å²) in [7, 11) is 1.58. The third kappa shape index (κ3) is 5.23. The molecule has 3 aliphatic rings. The standard InChI is InChI=1S/C30H40N2O6S/c1-6-8-16-38-29(36)24-23-13-14-30(39-23)25(24)27(34)32(21(18-33)17-19(3)4)26(30)28(35)31(15-7-2)20-9-11-22(37-5)12-10-20/h6-7,9-12,19,21,23-26,33H,1-2,8,13-18H2,3-5H3/t21-,23+,24-,25+,26?,30?/m1/s1. The lowest BCUT2D eigenvalue weighted by Crippen LogP contribution is -2.57. The van der Waals surface area contributed by atoms with Crippen molar-refractivity contribution in [2.45, 2.75) is 61.6 Å². The molecule has 1 aromatic carbocycles. The van der Waals surface area contributed by atoms with E-state index >= 15 is 0 Å². The van der Waals surface area contributed by atoms with E-state index in [0.29, 0.717) is 30.7 Å². The van der Waals surface area contributed by atoms with Gasteiger partial charge in [0.15, 0.2) is 0 Å². The molecular weight excluding hydrogens is 516 g/mol. The molecule has 1 N–H and O–H groups in total. The first-order chi connectivity index (χ1) is 18.7. The van der Waals surface area contributed by atoms with Crippen LogP contribution in [0.3, 0.4) is 0 Å². The fourth-order valence-corrected chi connectivity index (χ4v) is 8.74. The highest BCUT2D eigenvalue weighted by atomic mass is 32.2. The van der Waals surface area contributed by atoms with E-state index in [1.165, 1.54) is 0 Å². The summed E-state index contributed by atoms with van der Waals surface area (Å²) in [5.41, 5.74) is 0.662. The molecule has 3 heterocycles. The summed E-state index contributed by atoms with van der Waals surface area (Å²) in [4.78, 5) is 45.4. The Balaban J connectivity index is 1.77. The highest BCUT2D eigenvalue weighted by Crippen LogP contribution is 2.67. The number of nitrogens with zero attached hydrogens (tertiary/aromatic N) is 2. The van der Waals surface area contributed by atoms with Crippen LogP contribution in [0.1, 0.15) is 39.5 Å². The summed E-state index contributed by atoms with van der Waals surface area (Å²) in [6.45, 7) is 11.8.